The molecule has 0 aromatic heterocycles. The Hall–Kier alpha value is -1.26. The molecule has 0 spiro atoms. The number of aliphatic hydroxyl groups is 1. The SMILES string of the molecule is Nc1ccccc1OCCN1CCCCCC1CO. The van der Waals surface area contributed by atoms with Gasteiger partial charge in [0.25, 0.3) is 0 Å². The monoisotopic (exact) mass is 264 g/mol. The first kappa shape index (κ1) is 14.2. The Morgan fingerprint density at radius 1 is 1.26 bits per heavy atom. The minimum absolute atomic E-state index is 0.244. The molecule has 1 atom stereocenters. The van der Waals surface area contributed by atoms with Crippen LogP contribution in [0.25, 0.3) is 0 Å². The normalized spacial score (nSPS) is 21.0. The van der Waals surface area contributed by atoms with E-state index in [4.69, 9.17) is 10.5 Å². The molecule has 4 heteroatoms. The van der Waals surface area contributed by atoms with Gasteiger partial charge in [-0.05, 0) is 31.5 Å². The number of aliphatic hydroxyl groups excluding tert-OH is 1. The Morgan fingerprint density at radius 3 is 2.89 bits per heavy atom. The molecule has 0 radical (unpaired) electrons. The summed E-state index contributed by atoms with van der Waals surface area (Å²) in [4.78, 5) is 2.34. The zero-order chi connectivity index (χ0) is 13.5. The molecular formula is C15H24N2O2. The summed E-state index contributed by atoms with van der Waals surface area (Å²) >= 11 is 0. The molecule has 0 aliphatic carbocycles. The highest BCUT2D eigenvalue weighted by Gasteiger charge is 2.19. The molecule has 106 valence electrons. The number of anilines is 1. The molecule has 1 aromatic carbocycles. The van der Waals surface area contributed by atoms with E-state index in [1.807, 2.05) is 24.3 Å². The first-order valence-electron chi connectivity index (χ1n) is 7.13. The van der Waals surface area contributed by atoms with Crippen LogP contribution in [0.2, 0.25) is 0 Å². The average Bonchev–Trinajstić information content (AvgIpc) is 2.66. The van der Waals surface area contributed by atoms with Gasteiger partial charge < -0.3 is 15.6 Å². The van der Waals surface area contributed by atoms with E-state index in [0.29, 0.717) is 18.3 Å². The highest BCUT2D eigenvalue weighted by molar-refractivity contribution is 5.51. The third-order valence-corrected chi connectivity index (χ3v) is 3.76. The van der Waals surface area contributed by atoms with Crippen molar-refractivity contribution in [3.63, 3.8) is 0 Å². The quantitative estimate of drug-likeness (QED) is 0.797. The molecule has 1 unspecified atom stereocenters. The van der Waals surface area contributed by atoms with Crippen molar-refractivity contribution >= 4 is 5.69 Å². The number of nitrogen functional groups attached to an aromatic ring is 1. The van der Waals surface area contributed by atoms with Crippen LogP contribution in [-0.2, 0) is 0 Å². The van der Waals surface area contributed by atoms with Gasteiger partial charge in [-0.1, -0.05) is 25.0 Å². The number of likely N-dealkylation sites (tertiary alicyclic amines) is 1. The predicted molar refractivity (Wildman–Crippen MR) is 77.3 cm³/mol. The van der Waals surface area contributed by atoms with Crippen molar-refractivity contribution in [2.45, 2.75) is 31.7 Å². The number of nitrogens with two attached hydrogens (primary N) is 1. The van der Waals surface area contributed by atoms with Crippen molar-refractivity contribution in [1.29, 1.82) is 0 Å². The maximum absolute atomic E-state index is 9.44. The Balaban J connectivity index is 1.82. The summed E-state index contributed by atoms with van der Waals surface area (Å²) in [5.74, 6) is 0.748. The van der Waals surface area contributed by atoms with E-state index in [9.17, 15) is 5.11 Å². The summed E-state index contributed by atoms with van der Waals surface area (Å²) in [6, 6.07) is 7.85. The highest BCUT2D eigenvalue weighted by atomic mass is 16.5. The van der Waals surface area contributed by atoms with Gasteiger partial charge in [0.15, 0.2) is 0 Å². The number of hydrogen-bond acceptors (Lipinski definition) is 4. The lowest BCUT2D eigenvalue weighted by Crippen LogP contribution is -2.40. The van der Waals surface area contributed by atoms with Crippen molar-refractivity contribution in [2.24, 2.45) is 0 Å². The predicted octanol–water partition coefficient (Wildman–Crippen LogP) is 1.88. The van der Waals surface area contributed by atoms with E-state index in [0.717, 1.165) is 25.3 Å². The smallest absolute Gasteiger partial charge is 0.142 e. The third kappa shape index (κ3) is 4.11. The van der Waals surface area contributed by atoms with Crippen LogP contribution in [0.4, 0.5) is 5.69 Å². The van der Waals surface area contributed by atoms with Crippen molar-refractivity contribution in [3.8, 4) is 5.75 Å². The van der Waals surface area contributed by atoms with Crippen LogP contribution < -0.4 is 10.5 Å². The van der Waals surface area contributed by atoms with E-state index in [1.54, 1.807) is 0 Å². The summed E-state index contributed by atoms with van der Waals surface area (Å²) in [5, 5.41) is 9.44. The second-order valence-electron chi connectivity index (χ2n) is 5.11. The van der Waals surface area contributed by atoms with Gasteiger partial charge in [-0.25, -0.2) is 0 Å². The van der Waals surface area contributed by atoms with E-state index < -0.39 is 0 Å². The molecule has 2 rings (SSSR count). The Bertz CT molecular complexity index is 384. The van der Waals surface area contributed by atoms with Crippen LogP contribution in [-0.4, -0.2) is 42.4 Å². The lowest BCUT2D eigenvalue weighted by Gasteiger charge is -2.28. The number of nitrogens with zero attached hydrogens (tertiary/aromatic N) is 1. The van der Waals surface area contributed by atoms with Gasteiger partial charge in [0.05, 0.1) is 12.3 Å². The van der Waals surface area contributed by atoms with Crippen LogP contribution in [0, 0.1) is 0 Å². The zero-order valence-electron chi connectivity index (χ0n) is 11.4. The summed E-state index contributed by atoms with van der Waals surface area (Å²) in [5.41, 5.74) is 6.52. The molecule has 0 saturated carbocycles. The summed E-state index contributed by atoms with van der Waals surface area (Å²) in [7, 11) is 0. The van der Waals surface area contributed by atoms with Crippen molar-refractivity contribution in [3.05, 3.63) is 24.3 Å². The van der Waals surface area contributed by atoms with E-state index in [1.165, 1.54) is 19.3 Å². The molecule has 4 nitrogen and oxygen atoms in total. The molecule has 0 amide bonds. The standard InChI is InChI=1S/C15H24N2O2/c16-14-7-3-4-8-15(14)19-11-10-17-9-5-1-2-6-13(17)12-18/h3-4,7-8,13,18H,1-2,5-6,9-12,16H2. The van der Waals surface area contributed by atoms with Crippen molar-refractivity contribution in [1.82, 2.24) is 4.90 Å². The number of para-hydroxylation sites is 2. The molecule has 1 heterocycles. The van der Waals surface area contributed by atoms with Gasteiger partial charge in [0, 0.05) is 12.6 Å². The molecular weight excluding hydrogens is 240 g/mol. The van der Waals surface area contributed by atoms with E-state index in [2.05, 4.69) is 4.90 Å². The molecule has 1 saturated heterocycles. The lowest BCUT2D eigenvalue weighted by molar-refractivity contribution is 0.108. The van der Waals surface area contributed by atoms with Gasteiger partial charge in [-0.3, -0.25) is 4.90 Å². The van der Waals surface area contributed by atoms with E-state index >= 15 is 0 Å². The fraction of sp³-hybridized carbons (Fsp3) is 0.600. The van der Waals surface area contributed by atoms with Crippen LogP contribution in [0.5, 0.6) is 5.75 Å². The van der Waals surface area contributed by atoms with Gasteiger partial charge in [0.2, 0.25) is 0 Å². The first-order chi connectivity index (χ1) is 9.31. The van der Waals surface area contributed by atoms with Crippen molar-refractivity contribution in [2.75, 3.05) is 32.0 Å². The maximum atomic E-state index is 9.44. The van der Waals surface area contributed by atoms with Gasteiger partial charge in [0.1, 0.15) is 12.4 Å². The minimum atomic E-state index is 0.244. The van der Waals surface area contributed by atoms with E-state index in [-0.39, 0.29) is 6.61 Å². The van der Waals surface area contributed by atoms with Crippen LogP contribution in [0.15, 0.2) is 24.3 Å². The third-order valence-electron chi connectivity index (χ3n) is 3.76. The summed E-state index contributed by atoms with van der Waals surface area (Å²) in [6.07, 6.45) is 4.78. The number of hydrogen-bond donors (Lipinski definition) is 2. The van der Waals surface area contributed by atoms with Gasteiger partial charge >= 0.3 is 0 Å². The number of benzene rings is 1. The van der Waals surface area contributed by atoms with Crippen LogP contribution in [0.1, 0.15) is 25.7 Å². The zero-order valence-corrected chi connectivity index (χ0v) is 11.4. The second kappa shape index (κ2) is 7.36. The van der Waals surface area contributed by atoms with Crippen LogP contribution in [0.3, 0.4) is 0 Å². The fourth-order valence-corrected chi connectivity index (χ4v) is 2.62. The summed E-state index contributed by atoms with van der Waals surface area (Å²) in [6.45, 7) is 2.76. The first-order valence-corrected chi connectivity index (χ1v) is 7.13. The van der Waals surface area contributed by atoms with Crippen molar-refractivity contribution < 1.29 is 9.84 Å². The van der Waals surface area contributed by atoms with Gasteiger partial charge in [-0.2, -0.15) is 0 Å². The minimum Gasteiger partial charge on any atom is -0.490 e. The molecule has 1 fully saturated rings. The molecule has 1 aromatic rings. The largest absolute Gasteiger partial charge is 0.490 e. The lowest BCUT2D eigenvalue weighted by atomic mass is 10.1. The topological polar surface area (TPSA) is 58.7 Å². The maximum Gasteiger partial charge on any atom is 0.142 e. The summed E-state index contributed by atoms with van der Waals surface area (Å²) < 4.78 is 5.72. The molecule has 0 bridgehead atoms. The Morgan fingerprint density at radius 2 is 2.11 bits per heavy atom. The molecule has 3 N–H and O–H groups in total. The molecule has 1 aliphatic rings. The second-order valence-corrected chi connectivity index (χ2v) is 5.11. The van der Waals surface area contributed by atoms with Crippen LogP contribution >= 0.6 is 0 Å². The van der Waals surface area contributed by atoms with Gasteiger partial charge in [-0.15, -0.1) is 0 Å². The molecule has 19 heavy (non-hydrogen) atoms. The number of rotatable bonds is 5. The molecule has 1 aliphatic heterocycles. The fourth-order valence-electron chi connectivity index (χ4n) is 2.62. The highest BCUT2D eigenvalue weighted by Crippen LogP contribution is 2.20. The Kier molecular flexibility index (Phi) is 5.48. The Labute approximate surface area is 115 Å². The average molecular weight is 264 g/mol. The number of ether oxygens (including phenoxy) is 1.